The van der Waals surface area contributed by atoms with E-state index >= 15 is 0 Å². The molecular formula is C20H21N3O2S2. The second-order valence-corrected chi connectivity index (χ2v) is 8.10. The van der Waals surface area contributed by atoms with Gasteiger partial charge in [-0.25, -0.2) is 4.98 Å². The molecule has 3 heterocycles. The fourth-order valence-corrected chi connectivity index (χ4v) is 4.66. The van der Waals surface area contributed by atoms with Crippen molar-refractivity contribution in [2.45, 2.75) is 6.54 Å². The number of ether oxygens (including phenoxy) is 1. The summed E-state index contributed by atoms with van der Waals surface area (Å²) in [5.74, 6) is 0.913. The van der Waals surface area contributed by atoms with E-state index in [1.54, 1.807) is 18.4 Å². The summed E-state index contributed by atoms with van der Waals surface area (Å²) in [7, 11) is 1.68. The standard InChI is InChI=1S/C20H21N3O2S2/c1-25-17-4-2-15(3-5-17)12-22-7-9-23(10-8-22)20(24)18-14-27-19(21-18)16-6-11-26-13-16/h2-6,11,13-14H,7-10,12H2,1H3. The van der Waals surface area contributed by atoms with Gasteiger partial charge in [0.25, 0.3) is 5.91 Å². The van der Waals surface area contributed by atoms with E-state index < -0.39 is 0 Å². The second kappa shape index (κ2) is 8.21. The van der Waals surface area contributed by atoms with E-state index in [0.717, 1.165) is 49.0 Å². The van der Waals surface area contributed by atoms with Crippen molar-refractivity contribution in [3.8, 4) is 16.3 Å². The Kier molecular flexibility index (Phi) is 5.52. The molecule has 1 saturated heterocycles. The molecule has 0 saturated carbocycles. The van der Waals surface area contributed by atoms with Gasteiger partial charge in [-0.3, -0.25) is 9.69 Å². The number of hydrogen-bond donors (Lipinski definition) is 0. The monoisotopic (exact) mass is 399 g/mol. The molecule has 1 fully saturated rings. The molecule has 1 aromatic carbocycles. The largest absolute Gasteiger partial charge is 0.497 e. The summed E-state index contributed by atoms with van der Waals surface area (Å²) < 4.78 is 5.20. The minimum Gasteiger partial charge on any atom is -0.497 e. The van der Waals surface area contributed by atoms with E-state index in [-0.39, 0.29) is 5.91 Å². The predicted octanol–water partition coefficient (Wildman–Crippen LogP) is 3.84. The number of hydrogen-bond acceptors (Lipinski definition) is 6. The first kappa shape index (κ1) is 18.2. The lowest BCUT2D eigenvalue weighted by Crippen LogP contribution is -2.48. The van der Waals surface area contributed by atoms with Gasteiger partial charge in [-0.1, -0.05) is 12.1 Å². The van der Waals surface area contributed by atoms with Crippen molar-refractivity contribution in [3.63, 3.8) is 0 Å². The Balaban J connectivity index is 1.32. The lowest BCUT2D eigenvalue weighted by atomic mass is 10.2. The third kappa shape index (κ3) is 4.21. The smallest absolute Gasteiger partial charge is 0.273 e. The molecule has 2 aromatic heterocycles. The summed E-state index contributed by atoms with van der Waals surface area (Å²) in [5, 5.41) is 6.88. The molecule has 0 N–H and O–H groups in total. The van der Waals surface area contributed by atoms with Gasteiger partial charge < -0.3 is 9.64 Å². The molecule has 0 atom stereocenters. The molecule has 0 bridgehead atoms. The number of carbonyl (C=O) groups excluding carboxylic acids is 1. The van der Waals surface area contributed by atoms with E-state index in [1.807, 2.05) is 33.9 Å². The highest BCUT2D eigenvalue weighted by Crippen LogP contribution is 2.26. The Morgan fingerprint density at radius 1 is 1.11 bits per heavy atom. The molecule has 0 aliphatic carbocycles. The van der Waals surface area contributed by atoms with Crippen LogP contribution in [0.3, 0.4) is 0 Å². The number of aromatic nitrogens is 1. The topological polar surface area (TPSA) is 45.7 Å². The van der Waals surface area contributed by atoms with Gasteiger partial charge in [0.05, 0.1) is 7.11 Å². The number of thiazole rings is 1. The van der Waals surface area contributed by atoms with Crippen LogP contribution in [0.4, 0.5) is 0 Å². The van der Waals surface area contributed by atoms with Crippen molar-refractivity contribution >= 4 is 28.6 Å². The van der Waals surface area contributed by atoms with Crippen molar-refractivity contribution in [1.82, 2.24) is 14.8 Å². The third-order valence-electron chi connectivity index (χ3n) is 4.72. The first-order valence-corrected chi connectivity index (χ1v) is 10.7. The van der Waals surface area contributed by atoms with E-state index in [9.17, 15) is 4.79 Å². The van der Waals surface area contributed by atoms with Gasteiger partial charge in [0.2, 0.25) is 0 Å². The fraction of sp³-hybridized carbons (Fsp3) is 0.300. The zero-order chi connectivity index (χ0) is 18.6. The number of thiophene rings is 1. The van der Waals surface area contributed by atoms with Crippen LogP contribution in [0.1, 0.15) is 16.1 Å². The van der Waals surface area contributed by atoms with Crippen LogP contribution in [0.2, 0.25) is 0 Å². The number of benzene rings is 1. The lowest BCUT2D eigenvalue weighted by molar-refractivity contribution is 0.0623. The van der Waals surface area contributed by atoms with E-state index in [4.69, 9.17) is 4.74 Å². The molecule has 0 unspecified atom stereocenters. The van der Waals surface area contributed by atoms with Gasteiger partial charge >= 0.3 is 0 Å². The van der Waals surface area contributed by atoms with Gasteiger partial charge in [0.15, 0.2) is 0 Å². The number of amides is 1. The molecule has 1 aliphatic heterocycles. The van der Waals surface area contributed by atoms with E-state index in [1.165, 1.54) is 16.9 Å². The van der Waals surface area contributed by atoms with Gasteiger partial charge in [0.1, 0.15) is 16.5 Å². The number of methoxy groups -OCH3 is 1. The van der Waals surface area contributed by atoms with Gasteiger partial charge in [-0.2, -0.15) is 11.3 Å². The summed E-state index contributed by atoms with van der Waals surface area (Å²) in [5.41, 5.74) is 2.91. The van der Waals surface area contributed by atoms with E-state index in [2.05, 4.69) is 27.4 Å². The van der Waals surface area contributed by atoms with Crippen LogP contribution in [-0.2, 0) is 6.54 Å². The van der Waals surface area contributed by atoms with Crippen LogP contribution in [0.5, 0.6) is 5.75 Å². The van der Waals surface area contributed by atoms with Crippen LogP contribution in [0.25, 0.3) is 10.6 Å². The first-order chi connectivity index (χ1) is 13.2. The van der Waals surface area contributed by atoms with Crippen molar-refractivity contribution in [3.05, 3.63) is 57.7 Å². The Morgan fingerprint density at radius 3 is 2.56 bits per heavy atom. The lowest BCUT2D eigenvalue weighted by Gasteiger charge is -2.34. The van der Waals surface area contributed by atoms with Crippen molar-refractivity contribution < 1.29 is 9.53 Å². The van der Waals surface area contributed by atoms with Crippen LogP contribution < -0.4 is 4.74 Å². The summed E-state index contributed by atoms with van der Waals surface area (Å²) in [6, 6.07) is 10.2. The molecule has 1 aliphatic rings. The molecule has 140 valence electrons. The SMILES string of the molecule is COc1ccc(CN2CCN(C(=O)c3csc(-c4ccsc4)n3)CC2)cc1. The second-order valence-electron chi connectivity index (χ2n) is 6.47. The fourth-order valence-electron chi connectivity index (χ4n) is 3.15. The molecule has 5 nitrogen and oxygen atoms in total. The highest BCUT2D eigenvalue weighted by Gasteiger charge is 2.24. The molecule has 4 rings (SSSR count). The van der Waals surface area contributed by atoms with Crippen molar-refractivity contribution in [2.24, 2.45) is 0 Å². The molecule has 27 heavy (non-hydrogen) atoms. The summed E-state index contributed by atoms with van der Waals surface area (Å²) in [6.45, 7) is 4.12. The molecule has 0 spiro atoms. The normalized spacial score (nSPS) is 15.1. The maximum Gasteiger partial charge on any atom is 0.273 e. The Labute approximate surface area is 166 Å². The predicted molar refractivity (Wildman–Crippen MR) is 110 cm³/mol. The van der Waals surface area contributed by atoms with Gasteiger partial charge in [-0.05, 0) is 29.1 Å². The highest BCUT2D eigenvalue weighted by molar-refractivity contribution is 7.14. The Hall–Kier alpha value is -2.22. The minimum atomic E-state index is 0.0387. The minimum absolute atomic E-state index is 0.0387. The zero-order valence-electron chi connectivity index (χ0n) is 15.1. The maximum atomic E-state index is 12.8. The van der Waals surface area contributed by atoms with Gasteiger partial charge in [0, 0.05) is 49.0 Å². The van der Waals surface area contributed by atoms with Crippen LogP contribution in [0.15, 0.2) is 46.5 Å². The van der Waals surface area contributed by atoms with Crippen molar-refractivity contribution in [2.75, 3.05) is 33.3 Å². The Bertz CT molecular complexity index is 882. The quantitative estimate of drug-likeness (QED) is 0.654. The summed E-state index contributed by atoms with van der Waals surface area (Å²) in [4.78, 5) is 21.6. The van der Waals surface area contributed by atoms with Crippen molar-refractivity contribution in [1.29, 1.82) is 0 Å². The summed E-state index contributed by atoms with van der Waals surface area (Å²) >= 11 is 3.17. The third-order valence-corrected chi connectivity index (χ3v) is 6.29. The maximum absolute atomic E-state index is 12.8. The molecule has 3 aromatic rings. The summed E-state index contributed by atoms with van der Waals surface area (Å²) in [6.07, 6.45) is 0. The zero-order valence-corrected chi connectivity index (χ0v) is 16.8. The molecular weight excluding hydrogens is 378 g/mol. The highest BCUT2D eigenvalue weighted by atomic mass is 32.1. The van der Waals surface area contributed by atoms with Gasteiger partial charge in [-0.15, -0.1) is 11.3 Å². The molecule has 0 radical (unpaired) electrons. The van der Waals surface area contributed by atoms with Crippen LogP contribution in [0, 0.1) is 0 Å². The average molecular weight is 400 g/mol. The number of rotatable bonds is 5. The molecule has 1 amide bonds. The van der Waals surface area contributed by atoms with Crippen LogP contribution >= 0.6 is 22.7 Å². The van der Waals surface area contributed by atoms with Crippen LogP contribution in [-0.4, -0.2) is 54.0 Å². The number of carbonyl (C=O) groups is 1. The number of piperazine rings is 1. The molecule has 7 heteroatoms. The Morgan fingerprint density at radius 2 is 1.89 bits per heavy atom. The number of nitrogens with zero attached hydrogens (tertiary/aromatic N) is 3. The first-order valence-electron chi connectivity index (χ1n) is 8.85. The average Bonchev–Trinajstić information content (AvgIpc) is 3.40. The van der Waals surface area contributed by atoms with E-state index in [0.29, 0.717) is 5.69 Å².